The average Bonchev–Trinajstić information content (AvgIpc) is 2.73. The summed E-state index contributed by atoms with van der Waals surface area (Å²) in [5, 5.41) is 12.0. The molecule has 1 heterocycles. The van der Waals surface area contributed by atoms with Crippen LogP contribution in [0.4, 0.5) is 0 Å². The average molecular weight is 256 g/mol. The van der Waals surface area contributed by atoms with Crippen molar-refractivity contribution in [1.29, 1.82) is 0 Å². The second-order valence-corrected chi connectivity index (χ2v) is 4.80. The highest BCUT2D eigenvalue weighted by atomic mass is 32.1. The number of hydrogen-bond donors (Lipinski definition) is 2. The van der Waals surface area contributed by atoms with E-state index < -0.39 is 5.97 Å². The van der Waals surface area contributed by atoms with Crippen molar-refractivity contribution in [2.75, 3.05) is 0 Å². The van der Waals surface area contributed by atoms with Gasteiger partial charge in [0, 0.05) is 23.9 Å². The molecule has 0 atom stereocenters. The minimum atomic E-state index is -0.870. The van der Waals surface area contributed by atoms with Gasteiger partial charge in [-0.3, -0.25) is 9.59 Å². The fraction of sp³-hybridized carbons (Fsp3) is 0.545. The molecule has 0 bridgehead atoms. The first-order valence-electron chi connectivity index (χ1n) is 5.54. The SMILES string of the molecule is CCc1cnc(CNC(=O)CCCC(=O)O)s1. The number of amides is 1. The van der Waals surface area contributed by atoms with Gasteiger partial charge in [0.2, 0.25) is 5.91 Å². The van der Waals surface area contributed by atoms with Crippen molar-refractivity contribution in [2.45, 2.75) is 39.2 Å². The Labute approximate surface area is 104 Å². The van der Waals surface area contributed by atoms with Crippen molar-refractivity contribution < 1.29 is 14.7 Å². The van der Waals surface area contributed by atoms with Crippen LogP contribution in [0.1, 0.15) is 36.1 Å². The molecule has 0 aromatic carbocycles. The summed E-state index contributed by atoms with van der Waals surface area (Å²) in [6.07, 6.45) is 3.42. The van der Waals surface area contributed by atoms with Gasteiger partial charge in [-0.2, -0.15) is 0 Å². The van der Waals surface area contributed by atoms with Gasteiger partial charge in [-0.15, -0.1) is 11.3 Å². The molecule has 94 valence electrons. The third kappa shape index (κ3) is 5.44. The van der Waals surface area contributed by atoms with Crippen molar-refractivity contribution in [3.63, 3.8) is 0 Å². The lowest BCUT2D eigenvalue weighted by molar-refractivity contribution is -0.137. The molecule has 1 aromatic rings. The summed E-state index contributed by atoms with van der Waals surface area (Å²) in [5.41, 5.74) is 0. The van der Waals surface area contributed by atoms with Crippen molar-refractivity contribution in [3.05, 3.63) is 16.1 Å². The standard InChI is InChI=1S/C11H16N2O3S/c1-2-8-6-13-10(17-8)7-12-9(14)4-3-5-11(15)16/h6H,2-5,7H2,1H3,(H,12,14)(H,15,16). The minimum Gasteiger partial charge on any atom is -0.481 e. The lowest BCUT2D eigenvalue weighted by Gasteiger charge is -2.01. The molecule has 0 aliphatic rings. The first-order chi connectivity index (χ1) is 8.11. The van der Waals surface area contributed by atoms with Gasteiger partial charge < -0.3 is 10.4 Å². The Morgan fingerprint density at radius 2 is 2.24 bits per heavy atom. The predicted molar refractivity (Wildman–Crippen MR) is 64.8 cm³/mol. The number of carbonyl (C=O) groups excluding carboxylic acids is 1. The van der Waals surface area contributed by atoms with Gasteiger partial charge in [-0.25, -0.2) is 4.98 Å². The van der Waals surface area contributed by atoms with E-state index in [4.69, 9.17) is 5.11 Å². The van der Waals surface area contributed by atoms with E-state index in [1.165, 1.54) is 4.88 Å². The van der Waals surface area contributed by atoms with Crippen molar-refractivity contribution >= 4 is 23.2 Å². The number of nitrogens with one attached hydrogen (secondary N) is 1. The molecular formula is C11H16N2O3S. The molecule has 0 fully saturated rings. The number of rotatable bonds is 7. The van der Waals surface area contributed by atoms with Gasteiger partial charge in [0.25, 0.3) is 0 Å². The maximum Gasteiger partial charge on any atom is 0.303 e. The van der Waals surface area contributed by atoms with Crippen LogP contribution in [0, 0.1) is 0 Å². The summed E-state index contributed by atoms with van der Waals surface area (Å²) in [6.45, 7) is 2.48. The van der Waals surface area contributed by atoms with Crippen LogP contribution in [0.2, 0.25) is 0 Å². The highest BCUT2D eigenvalue weighted by Crippen LogP contribution is 2.12. The maximum absolute atomic E-state index is 11.3. The molecule has 1 rings (SSSR count). The monoisotopic (exact) mass is 256 g/mol. The number of carboxylic acids is 1. The van der Waals surface area contributed by atoms with E-state index in [2.05, 4.69) is 17.2 Å². The molecule has 0 radical (unpaired) electrons. The Morgan fingerprint density at radius 3 is 2.82 bits per heavy atom. The zero-order chi connectivity index (χ0) is 12.7. The van der Waals surface area contributed by atoms with E-state index in [0.717, 1.165) is 11.4 Å². The highest BCUT2D eigenvalue weighted by Gasteiger charge is 2.05. The molecule has 6 heteroatoms. The Bertz CT molecular complexity index is 390. The Balaban J connectivity index is 2.21. The van der Waals surface area contributed by atoms with Gasteiger partial charge in [-0.05, 0) is 12.8 Å². The fourth-order valence-corrected chi connectivity index (χ4v) is 2.06. The van der Waals surface area contributed by atoms with E-state index in [1.807, 2.05) is 6.20 Å². The number of thiazole rings is 1. The van der Waals surface area contributed by atoms with Gasteiger partial charge >= 0.3 is 5.97 Å². The number of hydrogen-bond acceptors (Lipinski definition) is 4. The van der Waals surface area contributed by atoms with E-state index in [-0.39, 0.29) is 18.7 Å². The molecule has 17 heavy (non-hydrogen) atoms. The summed E-state index contributed by atoms with van der Waals surface area (Å²) < 4.78 is 0. The molecule has 0 unspecified atom stereocenters. The topological polar surface area (TPSA) is 79.3 Å². The number of aromatic nitrogens is 1. The van der Waals surface area contributed by atoms with Crippen LogP contribution in [0.5, 0.6) is 0 Å². The van der Waals surface area contributed by atoms with E-state index in [1.54, 1.807) is 11.3 Å². The zero-order valence-corrected chi connectivity index (χ0v) is 10.5. The van der Waals surface area contributed by atoms with E-state index in [0.29, 0.717) is 13.0 Å². The van der Waals surface area contributed by atoms with Crippen LogP contribution in [0.3, 0.4) is 0 Å². The predicted octanol–water partition coefficient (Wildman–Crippen LogP) is 1.58. The van der Waals surface area contributed by atoms with Gasteiger partial charge in [0.1, 0.15) is 5.01 Å². The third-order valence-corrected chi connectivity index (χ3v) is 3.32. The molecule has 2 N–H and O–H groups in total. The summed E-state index contributed by atoms with van der Waals surface area (Å²) in [5.74, 6) is -0.996. The number of aryl methyl sites for hydroxylation is 1. The molecule has 1 amide bonds. The third-order valence-electron chi connectivity index (χ3n) is 2.18. The quantitative estimate of drug-likeness (QED) is 0.776. The van der Waals surface area contributed by atoms with E-state index >= 15 is 0 Å². The van der Waals surface area contributed by atoms with Crippen LogP contribution in [-0.2, 0) is 22.6 Å². The van der Waals surface area contributed by atoms with Gasteiger partial charge in [0.05, 0.1) is 6.54 Å². The van der Waals surface area contributed by atoms with Crippen LogP contribution in [0.15, 0.2) is 6.20 Å². The molecule has 0 spiro atoms. The molecule has 1 aromatic heterocycles. The normalized spacial score (nSPS) is 10.2. The summed E-state index contributed by atoms with van der Waals surface area (Å²) in [7, 11) is 0. The Morgan fingerprint density at radius 1 is 1.47 bits per heavy atom. The van der Waals surface area contributed by atoms with Crippen LogP contribution >= 0.6 is 11.3 Å². The lowest BCUT2D eigenvalue weighted by atomic mass is 10.2. The minimum absolute atomic E-state index is 0.0324. The second kappa shape index (κ2) is 7.01. The number of aliphatic carboxylic acids is 1. The maximum atomic E-state index is 11.3. The van der Waals surface area contributed by atoms with Crippen LogP contribution < -0.4 is 5.32 Å². The number of carbonyl (C=O) groups is 2. The smallest absolute Gasteiger partial charge is 0.303 e. The van der Waals surface area contributed by atoms with Crippen LogP contribution in [-0.4, -0.2) is 22.0 Å². The van der Waals surface area contributed by atoms with E-state index in [9.17, 15) is 9.59 Å². The first-order valence-corrected chi connectivity index (χ1v) is 6.35. The largest absolute Gasteiger partial charge is 0.481 e. The lowest BCUT2D eigenvalue weighted by Crippen LogP contribution is -2.22. The number of nitrogens with zero attached hydrogens (tertiary/aromatic N) is 1. The summed E-state index contributed by atoms with van der Waals surface area (Å²) in [6, 6.07) is 0. The Kier molecular flexibility index (Phi) is 5.62. The van der Waals surface area contributed by atoms with Gasteiger partial charge in [-0.1, -0.05) is 6.92 Å². The Hall–Kier alpha value is -1.43. The zero-order valence-electron chi connectivity index (χ0n) is 9.73. The fourth-order valence-electron chi connectivity index (χ4n) is 1.26. The number of carboxylic acid groups (broad SMARTS) is 1. The molecular weight excluding hydrogens is 240 g/mol. The van der Waals surface area contributed by atoms with Gasteiger partial charge in [0.15, 0.2) is 0 Å². The molecule has 5 nitrogen and oxygen atoms in total. The first kappa shape index (κ1) is 13.6. The van der Waals surface area contributed by atoms with Crippen molar-refractivity contribution in [1.82, 2.24) is 10.3 Å². The van der Waals surface area contributed by atoms with Crippen molar-refractivity contribution in [2.24, 2.45) is 0 Å². The summed E-state index contributed by atoms with van der Waals surface area (Å²) in [4.78, 5) is 27.0. The molecule has 0 aliphatic heterocycles. The highest BCUT2D eigenvalue weighted by molar-refractivity contribution is 7.11. The van der Waals surface area contributed by atoms with Crippen LogP contribution in [0.25, 0.3) is 0 Å². The summed E-state index contributed by atoms with van der Waals surface area (Å²) >= 11 is 1.58. The molecule has 0 aliphatic carbocycles. The second-order valence-electron chi connectivity index (χ2n) is 3.60. The molecule has 0 saturated heterocycles. The molecule has 0 saturated carbocycles. The van der Waals surface area contributed by atoms with Crippen molar-refractivity contribution in [3.8, 4) is 0 Å².